The average molecular weight is 333 g/mol. The van der Waals surface area contributed by atoms with Gasteiger partial charge in [0.15, 0.2) is 0 Å². The number of alkyl halides is 1. The van der Waals surface area contributed by atoms with Gasteiger partial charge in [0.05, 0.1) is 11.9 Å². The summed E-state index contributed by atoms with van der Waals surface area (Å²) in [5.74, 6) is 1.90. The lowest BCUT2D eigenvalue weighted by Gasteiger charge is -2.20. The van der Waals surface area contributed by atoms with Crippen molar-refractivity contribution in [2.24, 2.45) is 0 Å². The van der Waals surface area contributed by atoms with Gasteiger partial charge in [-0.3, -0.25) is 0 Å². The molecule has 104 valence electrons. The van der Waals surface area contributed by atoms with Crippen LogP contribution in [0.15, 0.2) is 42.5 Å². The number of hydrogen-bond donors (Lipinski definition) is 0. The van der Waals surface area contributed by atoms with Crippen molar-refractivity contribution in [3.8, 4) is 11.5 Å². The first-order chi connectivity index (χ1) is 9.69. The molecule has 0 spiro atoms. The monoisotopic (exact) mass is 332 g/mol. The lowest BCUT2D eigenvalue weighted by atomic mass is 9.99. The zero-order valence-corrected chi connectivity index (χ0v) is 13.2. The molecule has 1 aliphatic rings. The normalized spacial score (nSPS) is 18.2. The van der Waals surface area contributed by atoms with Gasteiger partial charge < -0.3 is 9.47 Å². The Kier molecular flexibility index (Phi) is 3.70. The number of ether oxygens (including phenoxy) is 2. The van der Waals surface area contributed by atoms with Crippen LogP contribution in [-0.4, -0.2) is 13.2 Å². The Morgan fingerprint density at radius 2 is 2.05 bits per heavy atom. The highest BCUT2D eigenvalue weighted by Crippen LogP contribution is 2.39. The Hall–Kier alpha value is -1.48. The molecule has 0 radical (unpaired) electrons. The zero-order valence-electron chi connectivity index (χ0n) is 11.6. The maximum absolute atomic E-state index is 6.06. The number of rotatable bonds is 3. The predicted octanol–water partition coefficient (Wildman–Crippen LogP) is 4.44. The van der Waals surface area contributed by atoms with Gasteiger partial charge in [0.25, 0.3) is 0 Å². The van der Waals surface area contributed by atoms with Crippen LogP contribution in [0.2, 0.25) is 0 Å². The van der Waals surface area contributed by atoms with E-state index in [1.54, 1.807) is 7.11 Å². The predicted molar refractivity (Wildman–Crippen MR) is 84.0 cm³/mol. The van der Waals surface area contributed by atoms with Gasteiger partial charge in [-0.2, -0.15) is 0 Å². The molecule has 2 unspecified atom stereocenters. The van der Waals surface area contributed by atoms with Crippen molar-refractivity contribution >= 4 is 15.9 Å². The fourth-order valence-electron chi connectivity index (χ4n) is 2.66. The van der Waals surface area contributed by atoms with Crippen LogP contribution in [0.5, 0.6) is 11.5 Å². The molecule has 20 heavy (non-hydrogen) atoms. The molecule has 3 heteroatoms. The molecule has 0 bridgehead atoms. The molecule has 0 fully saturated rings. The Morgan fingerprint density at radius 3 is 2.75 bits per heavy atom. The van der Waals surface area contributed by atoms with E-state index in [0.29, 0.717) is 0 Å². The van der Waals surface area contributed by atoms with Crippen molar-refractivity contribution in [1.82, 2.24) is 0 Å². The largest absolute Gasteiger partial charge is 0.497 e. The van der Waals surface area contributed by atoms with E-state index in [-0.39, 0.29) is 10.9 Å². The minimum atomic E-state index is 0.138. The minimum absolute atomic E-state index is 0.138. The second-order valence-corrected chi connectivity index (χ2v) is 6.08. The van der Waals surface area contributed by atoms with E-state index in [0.717, 1.165) is 17.9 Å². The molecule has 1 aliphatic heterocycles. The summed E-state index contributed by atoms with van der Waals surface area (Å²) in [5.41, 5.74) is 3.75. The number of hydrogen-bond acceptors (Lipinski definition) is 2. The van der Waals surface area contributed by atoms with Crippen LogP contribution in [0.1, 0.15) is 21.5 Å². The highest BCUT2D eigenvalue weighted by atomic mass is 79.9. The summed E-state index contributed by atoms with van der Waals surface area (Å²) < 4.78 is 11.3. The number of benzene rings is 2. The molecule has 0 aromatic heterocycles. The van der Waals surface area contributed by atoms with Crippen LogP contribution < -0.4 is 9.47 Å². The molecule has 2 aromatic rings. The summed E-state index contributed by atoms with van der Waals surface area (Å²) >= 11 is 3.80. The first-order valence-electron chi connectivity index (χ1n) is 6.72. The molecule has 0 amide bonds. The summed E-state index contributed by atoms with van der Waals surface area (Å²) in [7, 11) is 1.69. The highest BCUT2D eigenvalue weighted by Gasteiger charge is 2.30. The van der Waals surface area contributed by atoms with Crippen LogP contribution in [0, 0.1) is 6.92 Å². The Morgan fingerprint density at radius 1 is 1.25 bits per heavy atom. The summed E-state index contributed by atoms with van der Waals surface area (Å²) in [6, 6.07) is 14.4. The molecule has 0 saturated heterocycles. The summed E-state index contributed by atoms with van der Waals surface area (Å²) in [6.07, 6.45) is 1.08. The van der Waals surface area contributed by atoms with Gasteiger partial charge in [0.2, 0.25) is 0 Å². The first-order valence-corrected chi connectivity index (χ1v) is 7.64. The summed E-state index contributed by atoms with van der Waals surface area (Å²) in [4.78, 5) is 0.181. The standard InChI is InChI=1S/C17H17BrO2/c1-11-9-13(19-2)7-8-14(11)17(18)16-10-12-5-3-4-6-15(12)20-16/h3-9,16-17H,10H2,1-2H3. The molecule has 0 N–H and O–H groups in total. The lowest BCUT2D eigenvalue weighted by Crippen LogP contribution is -2.19. The molecule has 1 heterocycles. The van der Waals surface area contributed by atoms with Crippen molar-refractivity contribution in [2.75, 3.05) is 7.11 Å². The number of aryl methyl sites for hydroxylation is 1. The van der Waals surface area contributed by atoms with Crippen LogP contribution in [-0.2, 0) is 6.42 Å². The van der Waals surface area contributed by atoms with Crippen LogP contribution in [0.25, 0.3) is 0 Å². The Bertz CT molecular complexity index is 599. The van der Waals surface area contributed by atoms with Gasteiger partial charge in [0.1, 0.15) is 17.6 Å². The van der Waals surface area contributed by atoms with Gasteiger partial charge in [-0.05, 0) is 41.8 Å². The van der Waals surface area contributed by atoms with Crippen molar-refractivity contribution in [1.29, 1.82) is 0 Å². The topological polar surface area (TPSA) is 18.5 Å². The maximum atomic E-state index is 6.06. The fraction of sp³-hybridized carbons (Fsp3) is 0.294. The Labute approximate surface area is 127 Å². The molecule has 2 aromatic carbocycles. The fourth-order valence-corrected chi connectivity index (χ4v) is 3.47. The van der Waals surface area contributed by atoms with Crippen molar-refractivity contribution in [3.05, 3.63) is 59.2 Å². The molecule has 2 nitrogen and oxygen atoms in total. The van der Waals surface area contributed by atoms with E-state index >= 15 is 0 Å². The summed E-state index contributed by atoms with van der Waals surface area (Å²) in [5, 5.41) is 0. The molecule has 2 atom stereocenters. The van der Waals surface area contributed by atoms with Crippen LogP contribution in [0.4, 0.5) is 0 Å². The van der Waals surface area contributed by atoms with Crippen molar-refractivity contribution in [2.45, 2.75) is 24.3 Å². The van der Waals surface area contributed by atoms with Crippen LogP contribution >= 0.6 is 15.9 Å². The second kappa shape index (κ2) is 5.49. The van der Waals surface area contributed by atoms with E-state index in [1.165, 1.54) is 16.7 Å². The van der Waals surface area contributed by atoms with Crippen molar-refractivity contribution < 1.29 is 9.47 Å². The van der Waals surface area contributed by atoms with E-state index in [4.69, 9.17) is 9.47 Å². The van der Waals surface area contributed by atoms with Gasteiger partial charge >= 0.3 is 0 Å². The van der Waals surface area contributed by atoms with Gasteiger partial charge in [-0.15, -0.1) is 0 Å². The van der Waals surface area contributed by atoms with E-state index in [9.17, 15) is 0 Å². The molecule has 0 saturated carbocycles. The van der Waals surface area contributed by atoms with E-state index in [2.05, 4.69) is 47.1 Å². The minimum Gasteiger partial charge on any atom is -0.497 e. The number of para-hydroxylation sites is 1. The number of fused-ring (bicyclic) bond motifs is 1. The highest BCUT2D eigenvalue weighted by molar-refractivity contribution is 9.09. The van der Waals surface area contributed by atoms with Gasteiger partial charge in [-0.1, -0.05) is 40.2 Å². The SMILES string of the molecule is COc1ccc(C(Br)C2Cc3ccccc3O2)c(C)c1. The van der Waals surface area contributed by atoms with Crippen molar-refractivity contribution in [3.63, 3.8) is 0 Å². The second-order valence-electron chi connectivity index (χ2n) is 5.09. The maximum Gasteiger partial charge on any atom is 0.123 e. The number of halogens is 1. The van der Waals surface area contributed by atoms with Gasteiger partial charge in [-0.25, -0.2) is 0 Å². The third-order valence-electron chi connectivity index (χ3n) is 3.77. The third kappa shape index (κ3) is 2.42. The third-order valence-corrected chi connectivity index (χ3v) is 4.86. The Balaban J connectivity index is 1.82. The van der Waals surface area contributed by atoms with E-state index in [1.807, 2.05) is 18.2 Å². The quantitative estimate of drug-likeness (QED) is 0.773. The number of methoxy groups -OCH3 is 1. The smallest absolute Gasteiger partial charge is 0.123 e. The van der Waals surface area contributed by atoms with E-state index < -0.39 is 0 Å². The molecular formula is C17H17BrO2. The molecule has 0 aliphatic carbocycles. The average Bonchev–Trinajstić information content (AvgIpc) is 2.90. The van der Waals surface area contributed by atoms with Gasteiger partial charge in [0, 0.05) is 6.42 Å². The van der Waals surface area contributed by atoms with Crippen LogP contribution in [0.3, 0.4) is 0 Å². The molecule has 3 rings (SSSR count). The lowest BCUT2D eigenvalue weighted by molar-refractivity contribution is 0.231. The summed E-state index contributed by atoms with van der Waals surface area (Å²) in [6.45, 7) is 2.11. The first kappa shape index (κ1) is 13.5. The zero-order chi connectivity index (χ0) is 14.1. The molecular weight excluding hydrogens is 316 g/mol.